The van der Waals surface area contributed by atoms with Crippen LogP contribution in [0.25, 0.3) is 0 Å². The van der Waals surface area contributed by atoms with Crippen LogP contribution in [0.3, 0.4) is 0 Å². The van der Waals surface area contributed by atoms with Crippen LogP contribution >= 0.6 is 0 Å². The number of rotatable bonds is 5. The summed E-state index contributed by atoms with van der Waals surface area (Å²) in [7, 11) is 1.56. The molecular formula is C22H37N3O5. The van der Waals surface area contributed by atoms with Crippen LogP contribution in [0.1, 0.15) is 54.9 Å². The van der Waals surface area contributed by atoms with E-state index in [9.17, 15) is 19.5 Å². The van der Waals surface area contributed by atoms with Gasteiger partial charge in [-0.3, -0.25) is 14.4 Å². The SMILES string of the molecule is CNC(=O)[C@@H]1[C@H]2C(=O)N([C@@H](CO)C(C)C)C(C(=O)NC(C)(C)C)C23CC(C)[C@@]1(C)O3. The first-order valence-corrected chi connectivity index (χ1v) is 10.9. The van der Waals surface area contributed by atoms with E-state index in [-0.39, 0.29) is 36.2 Å². The molecular weight excluding hydrogens is 386 g/mol. The van der Waals surface area contributed by atoms with E-state index in [4.69, 9.17) is 4.74 Å². The molecule has 8 nitrogen and oxygen atoms in total. The Kier molecular flexibility index (Phi) is 5.51. The van der Waals surface area contributed by atoms with Crippen molar-refractivity contribution < 1.29 is 24.2 Å². The van der Waals surface area contributed by atoms with Crippen molar-refractivity contribution in [3.05, 3.63) is 0 Å². The maximum atomic E-state index is 13.8. The number of hydrogen-bond donors (Lipinski definition) is 3. The molecule has 3 rings (SSSR count). The van der Waals surface area contributed by atoms with Gasteiger partial charge < -0.3 is 25.4 Å². The van der Waals surface area contributed by atoms with E-state index in [1.165, 1.54) is 4.90 Å². The van der Waals surface area contributed by atoms with Gasteiger partial charge in [-0.25, -0.2) is 0 Å². The summed E-state index contributed by atoms with van der Waals surface area (Å²) in [5, 5.41) is 15.8. The van der Waals surface area contributed by atoms with Gasteiger partial charge in [0, 0.05) is 12.6 Å². The standard InChI is InChI=1S/C22H37N3O5/c1-11(2)13(10-26)25-16(18(28)24-20(4,5)6)22-9-12(3)21(7,30-22)14(17(27)23-8)15(22)19(25)29/h11-16,26H,9-10H2,1-8H3,(H,23,27)(H,24,28)/t12?,13-,14-,15-,16?,21+,22?/m0/s1. The first-order valence-electron chi connectivity index (χ1n) is 10.9. The van der Waals surface area contributed by atoms with E-state index in [0.29, 0.717) is 6.42 Å². The molecule has 3 unspecified atom stereocenters. The van der Waals surface area contributed by atoms with Gasteiger partial charge in [0.05, 0.1) is 30.1 Å². The second-order valence-corrected chi connectivity index (χ2v) is 10.8. The summed E-state index contributed by atoms with van der Waals surface area (Å²) in [5.74, 6) is -2.32. The van der Waals surface area contributed by atoms with Crippen molar-refractivity contribution in [2.24, 2.45) is 23.7 Å². The third-order valence-electron chi connectivity index (χ3n) is 7.34. The number of carbonyl (C=O) groups excluding carboxylic acids is 3. The third-order valence-corrected chi connectivity index (χ3v) is 7.34. The number of carbonyl (C=O) groups is 3. The summed E-state index contributed by atoms with van der Waals surface area (Å²) in [4.78, 5) is 41.8. The first-order chi connectivity index (χ1) is 13.7. The first kappa shape index (κ1) is 23.0. The molecule has 8 heteroatoms. The van der Waals surface area contributed by atoms with Gasteiger partial charge in [-0.15, -0.1) is 0 Å². The van der Waals surface area contributed by atoms with Crippen LogP contribution in [0.5, 0.6) is 0 Å². The number of fused-ring (bicyclic) bond motifs is 1. The summed E-state index contributed by atoms with van der Waals surface area (Å²) >= 11 is 0. The van der Waals surface area contributed by atoms with Gasteiger partial charge in [-0.1, -0.05) is 20.8 Å². The number of nitrogens with zero attached hydrogens (tertiary/aromatic N) is 1. The minimum absolute atomic E-state index is 0.000336. The molecule has 170 valence electrons. The smallest absolute Gasteiger partial charge is 0.246 e. The largest absolute Gasteiger partial charge is 0.394 e. The molecule has 0 saturated carbocycles. The Hall–Kier alpha value is -1.67. The summed E-state index contributed by atoms with van der Waals surface area (Å²) in [6.07, 6.45) is 0.516. The van der Waals surface area contributed by atoms with E-state index in [0.717, 1.165) is 0 Å². The molecule has 3 aliphatic heterocycles. The van der Waals surface area contributed by atoms with Crippen molar-refractivity contribution in [3.63, 3.8) is 0 Å². The molecule has 3 aliphatic rings. The van der Waals surface area contributed by atoms with E-state index in [1.54, 1.807) is 7.05 Å². The Balaban J connectivity index is 2.17. The predicted molar refractivity (Wildman–Crippen MR) is 111 cm³/mol. The van der Waals surface area contributed by atoms with Gasteiger partial charge in [0.25, 0.3) is 0 Å². The summed E-state index contributed by atoms with van der Waals surface area (Å²) < 4.78 is 6.58. The molecule has 7 atom stereocenters. The number of hydrogen-bond acceptors (Lipinski definition) is 5. The number of aliphatic hydroxyl groups excluding tert-OH is 1. The number of ether oxygens (including phenoxy) is 1. The van der Waals surface area contributed by atoms with Crippen molar-refractivity contribution in [1.82, 2.24) is 15.5 Å². The fourth-order valence-corrected chi connectivity index (χ4v) is 5.95. The summed E-state index contributed by atoms with van der Waals surface area (Å²) in [6.45, 7) is 13.1. The molecule has 1 spiro atoms. The summed E-state index contributed by atoms with van der Waals surface area (Å²) in [6, 6.07) is -1.43. The van der Waals surface area contributed by atoms with Gasteiger partial charge in [0.15, 0.2) is 0 Å². The molecule has 0 aromatic carbocycles. The summed E-state index contributed by atoms with van der Waals surface area (Å²) in [5.41, 5.74) is -2.40. The molecule has 30 heavy (non-hydrogen) atoms. The van der Waals surface area contributed by atoms with Gasteiger partial charge in [-0.05, 0) is 46.0 Å². The molecule has 3 amide bonds. The minimum Gasteiger partial charge on any atom is -0.394 e. The second kappa shape index (κ2) is 7.19. The molecule has 3 heterocycles. The topological polar surface area (TPSA) is 108 Å². The lowest BCUT2D eigenvalue weighted by atomic mass is 9.62. The quantitative estimate of drug-likeness (QED) is 0.603. The normalized spacial score (nSPS) is 38.7. The molecule has 0 radical (unpaired) electrons. The Bertz CT molecular complexity index is 748. The number of aliphatic hydroxyl groups is 1. The fraction of sp³-hybridized carbons (Fsp3) is 0.864. The lowest BCUT2D eigenvalue weighted by Crippen LogP contribution is -2.61. The van der Waals surface area contributed by atoms with Gasteiger partial charge in [0.1, 0.15) is 11.6 Å². The average Bonchev–Trinajstić information content (AvgIpc) is 3.11. The van der Waals surface area contributed by atoms with E-state index < -0.39 is 40.7 Å². The Morgan fingerprint density at radius 1 is 1.30 bits per heavy atom. The molecule has 0 aromatic heterocycles. The molecule has 3 fully saturated rings. The van der Waals surface area contributed by atoms with E-state index >= 15 is 0 Å². The van der Waals surface area contributed by atoms with Crippen molar-refractivity contribution in [2.75, 3.05) is 13.7 Å². The van der Waals surface area contributed by atoms with Crippen LogP contribution in [-0.4, -0.2) is 70.2 Å². The lowest BCUT2D eigenvalue weighted by Gasteiger charge is -2.39. The van der Waals surface area contributed by atoms with Crippen LogP contribution in [0.2, 0.25) is 0 Å². The third kappa shape index (κ3) is 3.06. The molecule has 0 aromatic rings. The molecule has 0 aliphatic carbocycles. The number of nitrogens with one attached hydrogen (secondary N) is 2. The fourth-order valence-electron chi connectivity index (χ4n) is 5.95. The Labute approximate surface area is 179 Å². The van der Waals surface area contributed by atoms with Crippen molar-refractivity contribution in [3.8, 4) is 0 Å². The molecule has 3 saturated heterocycles. The van der Waals surface area contributed by atoms with Gasteiger partial charge in [0.2, 0.25) is 17.7 Å². The zero-order valence-electron chi connectivity index (χ0n) is 19.4. The maximum absolute atomic E-state index is 13.8. The van der Waals surface area contributed by atoms with Crippen LogP contribution in [-0.2, 0) is 19.1 Å². The van der Waals surface area contributed by atoms with Crippen LogP contribution in [0, 0.1) is 23.7 Å². The van der Waals surface area contributed by atoms with E-state index in [1.807, 2.05) is 48.5 Å². The second-order valence-electron chi connectivity index (χ2n) is 10.8. The van der Waals surface area contributed by atoms with Crippen LogP contribution in [0.15, 0.2) is 0 Å². The molecule has 2 bridgehead atoms. The number of amides is 3. The predicted octanol–water partition coefficient (Wildman–Crippen LogP) is 0.675. The van der Waals surface area contributed by atoms with Crippen molar-refractivity contribution in [1.29, 1.82) is 0 Å². The average molecular weight is 424 g/mol. The van der Waals surface area contributed by atoms with E-state index in [2.05, 4.69) is 10.6 Å². The van der Waals surface area contributed by atoms with Crippen LogP contribution < -0.4 is 10.6 Å². The minimum atomic E-state index is -1.08. The zero-order valence-corrected chi connectivity index (χ0v) is 19.4. The Morgan fingerprint density at radius 3 is 2.37 bits per heavy atom. The zero-order chi connectivity index (χ0) is 22.8. The lowest BCUT2D eigenvalue weighted by molar-refractivity contribution is -0.152. The highest BCUT2D eigenvalue weighted by Gasteiger charge is 2.80. The van der Waals surface area contributed by atoms with Crippen LogP contribution in [0.4, 0.5) is 0 Å². The highest BCUT2D eigenvalue weighted by Crippen LogP contribution is 2.65. The molecule has 3 N–H and O–H groups in total. The van der Waals surface area contributed by atoms with Crippen molar-refractivity contribution in [2.45, 2.75) is 83.7 Å². The monoisotopic (exact) mass is 423 g/mol. The highest BCUT2D eigenvalue weighted by molar-refractivity contribution is 5.99. The van der Waals surface area contributed by atoms with Gasteiger partial charge in [-0.2, -0.15) is 0 Å². The number of likely N-dealkylation sites (tertiary alicyclic amines) is 1. The Morgan fingerprint density at radius 2 is 1.90 bits per heavy atom. The maximum Gasteiger partial charge on any atom is 0.246 e. The van der Waals surface area contributed by atoms with Gasteiger partial charge >= 0.3 is 0 Å². The highest BCUT2D eigenvalue weighted by atomic mass is 16.5. The van der Waals surface area contributed by atoms with Crippen molar-refractivity contribution >= 4 is 17.7 Å².